The first-order chi connectivity index (χ1) is 17.0. The summed E-state index contributed by atoms with van der Waals surface area (Å²) in [6.07, 6.45) is 0. The molecule has 0 saturated heterocycles. The van der Waals surface area contributed by atoms with Crippen molar-refractivity contribution in [2.24, 2.45) is 11.8 Å². The molecule has 4 aromatic rings. The van der Waals surface area contributed by atoms with Crippen molar-refractivity contribution in [3.05, 3.63) is 121 Å². The average molecular weight is 676 g/mol. The van der Waals surface area contributed by atoms with E-state index >= 15 is 0 Å². The van der Waals surface area contributed by atoms with Gasteiger partial charge in [0, 0.05) is 0 Å². The van der Waals surface area contributed by atoms with Crippen LogP contribution in [0.5, 0.6) is 0 Å². The molecule has 0 N–H and O–H groups in total. The summed E-state index contributed by atoms with van der Waals surface area (Å²) < 4.78 is 16.3. The van der Waals surface area contributed by atoms with E-state index in [4.69, 9.17) is 1.41 Å². The van der Waals surface area contributed by atoms with Gasteiger partial charge >= 0.3 is 223 Å². The fourth-order valence-electron chi connectivity index (χ4n) is 5.40. The van der Waals surface area contributed by atoms with Gasteiger partial charge in [0.15, 0.2) is 0 Å². The molecule has 180 valence electrons. The summed E-state index contributed by atoms with van der Waals surface area (Å²) in [5.74, 6) is 1.11. The Morgan fingerprint density at radius 2 is 0.657 bits per heavy atom. The van der Waals surface area contributed by atoms with Gasteiger partial charge in [-0.05, 0) is 0 Å². The molecule has 0 aliphatic rings. The fourth-order valence-corrected chi connectivity index (χ4v) is 52.0. The Labute approximate surface area is 221 Å². The Balaban J connectivity index is 2.05. The third-order valence-electron chi connectivity index (χ3n) is 6.70. The first kappa shape index (κ1) is 26.5. The van der Waals surface area contributed by atoms with Crippen molar-refractivity contribution in [2.45, 2.75) is 36.6 Å². The summed E-state index contributed by atoms with van der Waals surface area (Å²) in [5.41, 5.74) is 0. The molecule has 0 aliphatic carbocycles. The monoisotopic (exact) mass is 678 g/mol. The van der Waals surface area contributed by atoms with Gasteiger partial charge in [0.1, 0.15) is 0 Å². The first-order valence-electron chi connectivity index (χ1n) is 12.9. The van der Waals surface area contributed by atoms with Crippen LogP contribution in [-0.2, 0) is 1.41 Å². The summed E-state index contributed by atoms with van der Waals surface area (Å²) in [6.45, 7) is 9.47. The zero-order valence-electron chi connectivity index (χ0n) is 21.5. The van der Waals surface area contributed by atoms with Gasteiger partial charge in [0.05, 0.1) is 0 Å². The van der Waals surface area contributed by atoms with Crippen molar-refractivity contribution >= 4 is 51.9 Å². The molecule has 0 aromatic heterocycles. The van der Waals surface area contributed by atoms with E-state index in [1.54, 1.807) is 0 Å². The zero-order chi connectivity index (χ0) is 24.7. The maximum atomic E-state index is 8.21. The molecule has 0 spiro atoms. The van der Waals surface area contributed by atoms with Gasteiger partial charge < -0.3 is 0 Å². The fraction of sp³-hybridized carbons (Fsp3) is 0.250. The van der Waals surface area contributed by atoms with Crippen LogP contribution >= 0.6 is 0 Å². The summed E-state index contributed by atoms with van der Waals surface area (Å²) in [5, 5.41) is 0. The van der Waals surface area contributed by atoms with Gasteiger partial charge in [-0.3, -0.25) is 0 Å². The molecule has 1 nitrogen and oxygen atoms in total. The molecule has 0 fully saturated rings. The van der Waals surface area contributed by atoms with Gasteiger partial charge in [0.2, 0.25) is 0 Å². The molecule has 3 heteroatoms. The Morgan fingerprint density at radius 1 is 0.429 bits per heavy atom. The molecule has 0 bridgehead atoms. The minimum atomic E-state index is -3.64. The number of benzene rings is 4. The number of hydrogen-bond acceptors (Lipinski definition) is 1. The molecule has 0 saturated carbocycles. The molecule has 4 rings (SSSR count). The SMILES string of the molecule is CC(C)[CH2][Sn]([O][Sn]([CH2]C(C)C)([c]1ccccc1)[c]1ccccc1)([c]1ccccc1)[c]1ccccc1. The molecule has 0 radical (unpaired) electrons. The van der Waals surface area contributed by atoms with Crippen LogP contribution in [0, 0.1) is 11.8 Å². The second-order valence-corrected chi connectivity index (χ2v) is 33.3. The van der Waals surface area contributed by atoms with E-state index in [1.807, 2.05) is 0 Å². The van der Waals surface area contributed by atoms with Crippen LogP contribution < -0.4 is 14.3 Å². The third-order valence-corrected chi connectivity index (χ3v) is 44.4. The van der Waals surface area contributed by atoms with Crippen LogP contribution in [-0.4, -0.2) is 37.6 Å². The molecule has 0 aliphatic heterocycles. The van der Waals surface area contributed by atoms with Crippen LogP contribution in [0.1, 0.15) is 27.7 Å². The number of hydrogen-bond donors (Lipinski definition) is 0. The Kier molecular flexibility index (Phi) is 9.17. The summed E-state index contributed by atoms with van der Waals surface area (Å²) in [6, 6.07) is 45.0. The van der Waals surface area contributed by atoms with Crippen LogP contribution in [0.25, 0.3) is 0 Å². The Hall–Kier alpha value is -1.56. The van der Waals surface area contributed by atoms with E-state index in [-0.39, 0.29) is 0 Å². The molecule has 0 atom stereocenters. The van der Waals surface area contributed by atoms with Crippen molar-refractivity contribution in [2.75, 3.05) is 0 Å². The molecular weight excluding hydrogens is 638 g/mol. The van der Waals surface area contributed by atoms with Crippen molar-refractivity contribution in [3.8, 4) is 0 Å². The summed E-state index contributed by atoms with van der Waals surface area (Å²) >= 11 is -7.28. The van der Waals surface area contributed by atoms with Crippen molar-refractivity contribution in [1.29, 1.82) is 0 Å². The second kappa shape index (κ2) is 12.1. The predicted molar refractivity (Wildman–Crippen MR) is 156 cm³/mol. The second-order valence-electron chi connectivity index (χ2n) is 10.4. The number of rotatable bonds is 10. The van der Waals surface area contributed by atoms with Gasteiger partial charge in [0.25, 0.3) is 0 Å². The van der Waals surface area contributed by atoms with E-state index < -0.39 is 37.6 Å². The molecule has 0 amide bonds. The van der Waals surface area contributed by atoms with E-state index in [0.717, 1.165) is 8.87 Å². The standard InChI is InChI=1S/4C6H5.2C4H9.O.2Sn/c4*1-2-4-6-5-3-1;2*1-4(2)3;;;/h4*1-5H;2*4H,1H2,2-3H3;;;. The molecule has 0 unspecified atom stereocenters. The van der Waals surface area contributed by atoms with Crippen LogP contribution in [0.4, 0.5) is 0 Å². The zero-order valence-corrected chi connectivity index (χ0v) is 27.2. The van der Waals surface area contributed by atoms with Crippen molar-refractivity contribution < 1.29 is 1.41 Å². The van der Waals surface area contributed by atoms with E-state index in [1.165, 1.54) is 14.3 Å². The molecule has 0 heterocycles. The van der Waals surface area contributed by atoms with Crippen molar-refractivity contribution in [3.63, 3.8) is 0 Å². The molecule has 4 aromatic carbocycles. The van der Waals surface area contributed by atoms with Gasteiger partial charge in [-0.1, -0.05) is 0 Å². The van der Waals surface area contributed by atoms with Gasteiger partial charge in [-0.2, -0.15) is 0 Å². The maximum absolute atomic E-state index is 8.21. The average Bonchev–Trinajstić information content (AvgIpc) is 2.89. The van der Waals surface area contributed by atoms with Crippen LogP contribution in [0.3, 0.4) is 0 Å². The third kappa shape index (κ3) is 6.06. The molecule has 35 heavy (non-hydrogen) atoms. The quantitative estimate of drug-likeness (QED) is 0.192. The Bertz CT molecular complexity index is 985. The van der Waals surface area contributed by atoms with Crippen LogP contribution in [0.2, 0.25) is 8.87 Å². The van der Waals surface area contributed by atoms with Gasteiger partial charge in [-0.25, -0.2) is 0 Å². The van der Waals surface area contributed by atoms with Crippen molar-refractivity contribution in [1.82, 2.24) is 0 Å². The van der Waals surface area contributed by atoms with E-state index in [2.05, 4.69) is 149 Å². The van der Waals surface area contributed by atoms with E-state index in [0.29, 0.717) is 11.8 Å². The molecular formula is C32H38OSn2. The minimum absolute atomic E-state index is 0.556. The Morgan fingerprint density at radius 3 is 0.857 bits per heavy atom. The summed E-state index contributed by atoms with van der Waals surface area (Å²) in [7, 11) is 0. The topological polar surface area (TPSA) is 9.23 Å². The van der Waals surface area contributed by atoms with Crippen LogP contribution in [0.15, 0.2) is 121 Å². The normalized spacial score (nSPS) is 12.3. The van der Waals surface area contributed by atoms with Gasteiger partial charge in [-0.15, -0.1) is 0 Å². The summed E-state index contributed by atoms with van der Waals surface area (Å²) in [4.78, 5) is 0. The predicted octanol–water partition coefficient (Wildman–Crippen LogP) is 5.83. The van der Waals surface area contributed by atoms with E-state index in [9.17, 15) is 0 Å². The first-order valence-corrected chi connectivity index (χ1v) is 25.0.